The van der Waals surface area contributed by atoms with E-state index >= 15 is 0 Å². The fraction of sp³-hybridized carbons (Fsp3) is 0. The van der Waals surface area contributed by atoms with Crippen LogP contribution in [0.25, 0.3) is 22.0 Å². The molecule has 1 heterocycles. The molecular weight excluding hydrogens is 234 g/mol. The lowest BCUT2D eigenvalue weighted by atomic mass is 10.0. The molecule has 17 heavy (non-hydrogen) atoms. The first kappa shape index (κ1) is 10.2. The van der Waals surface area contributed by atoms with Crippen molar-refractivity contribution in [1.82, 2.24) is 10.2 Å². The minimum absolute atomic E-state index is 0.526. The highest BCUT2D eigenvalue weighted by molar-refractivity contribution is 6.30. The van der Waals surface area contributed by atoms with Gasteiger partial charge in [-0.1, -0.05) is 29.8 Å². The van der Waals surface area contributed by atoms with Gasteiger partial charge in [0.2, 0.25) is 0 Å². The van der Waals surface area contributed by atoms with Crippen LogP contribution in [-0.4, -0.2) is 10.2 Å². The highest BCUT2D eigenvalue weighted by Gasteiger charge is 2.04. The molecule has 3 aromatic rings. The average molecular weight is 244 g/mol. The number of nitrogens with zero attached hydrogens (tertiary/aromatic N) is 1. The number of hydrogen-bond donors (Lipinski definition) is 2. The lowest BCUT2D eigenvalue weighted by Gasteiger charge is -2.02. The van der Waals surface area contributed by atoms with Gasteiger partial charge >= 0.3 is 0 Å². The zero-order valence-corrected chi connectivity index (χ0v) is 9.70. The van der Waals surface area contributed by atoms with Crippen LogP contribution >= 0.6 is 11.6 Å². The van der Waals surface area contributed by atoms with E-state index in [1.54, 1.807) is 0 Å². The molecule has 84 valence electrons. The van der Waals surface area contributed by atoms with Gasteiger partial charge in [0.25, 0.3) is 0 Å². The zero-order valence-electron chi connectivity index (χ0n) is 8.94. The number of nitrogens with one attached hydrogen (secondary N) is 1. The minimum atomic E-state index is 0.526. The largest absolute Gasteiger partial charge is 0.382 e. The second kappa shape index (κ2) is 3.79. The summed E-state index contributed by atoms with van der Waals surface area (Å²) in [6.45, 7) is 0. The number of fused-ring (bicyclic) bond motifs is 1. The minimum Gasteiger partial charge on any atom is -0.382 e. The summed E-state index contributed by atoms with van der Waals surface area (Å²) in [5.74, 6) is 0.526. The molecule has 0 bridgehead atoms. The Hall–Kier alpha value is -2.00. The van der Waals surface area contributed by atoms with Gasteiger partial charge in [0, 0.05) is 10.4 Å². The summed E-state index contributed by atoms with van der Waals surface area (Å²) in [5, 5.41) is 8.55. The van der Waals surface area contributed by atoms with Crippen molar-refractivity contribution in [3.8, 4) is 11.1 Å². The van der Waals surface area contributed by atoms with E-state index in [9.17, 15) is 0 Å². The van der Waals surface area contributed by atoms with Crippen molar-refractivity contribution < 1.29 is 0 Å². The van der Waals surface area contributed by atoms with Crippen LogP contribution in [0.4, 0.5) is 5.82 Å². The zero-order chi connectivity index (χ0) is 11.8. The van der Waals surface area contributed by atoms with E-state index in [0.717, 1.165) is 27.1 Å². The number of nitrogens with two attached hydrogens (primary N) is 1. The van der Waals surface area contributed by atoms with Crippen molar-refractivity contribution in [3.63, 3.8) is 0 Å². The SMILES string of the molecule is Nc1n[nH]c2cc(-c3cccc(Cl)c3)ccc12. The fourth-order valence-corrected chi connectivity index (χ4v) is 2.08. The van der Waals surface area contributed by atoms with E-state index in [2.05, 4.69) is 10.2 Å². The molecule has 0 saturated heterocycles. The Morgan fingerprint density at radius 2 is 1.88 bits per heavy atom. The Morgan fingerprint density at radius 3 is 2.71 bits per heavy atom. The number of benzene rings is 2. The van der Waals surface area contributed by atoms with E-state index in [1.165, 1.54) is 0 Å². The predicted molar refractivity (Wildman–Crippen MR) is 71.0 cm³/mol. The monoisotopic (exact) mass is 243 g/mol. The summed E-state index contributed by atoms with van der Waals surface area (Å²) in [7, 11) is 0. The van der Waals surface area contributed by atoms with E-state index < -0.39 is 0 Å². The molecule has 0 unspecified atom stereocenters. The summed E-state index contributed by atoms with van der Waals surface area (Å²) in [6.07, 6.45) is 0. The highest BCUT2D eigenvalue weighted by atomic mass is 35.5. The van der Waals surface area contributed by atoms with Gasteiger partial charge in [-0.3, -0.25) is 5.10 Å². The maximum absolute atomic E-state index is 5.98. The number of H-pyrrole nitrogens is 1. The first-order valence-electron chi connectivity index (χ1n) is 5.23. The van der Waals surface area contributed by atoms with Crippen LogP contribution in [0.5, 0.6) is 0 Å². The van der Waals surface area contributed by atoms with Crippen LogP contribution < -0.4 is 5.73 Å². The Kier molecular flexibility index (Phi) is 2.27. The third-order valence-corrected chi connectivity index (χ3v) is 2.99. The van der Waals surface area contributed by atoms with Crippen molar-refractivity contribution in [1.29, 1.82) is 0 Å². The maximum Gasteiger partial charge on any atom is 0.153 e. The topological polar surface area (TPSA) is 54.7 Å². The second-order valence-electron chi connectivity index (χ2n) is 3.88. The van der Waals surface area contributed by atoms with Gasteiger partial charge in [-0.2, -0.15) is 5.10 Å². The molecule has 0 atom stereocenters. The summed E-state index contributed by atoms with van der Waals surface area (Å²) in [4.78, 5) is 0. The molecular formula is C13H10ClN3. The van der Waals surface area contributed by atoms with Gasteiger partial charge in [-0.05, 0) is 35.4 Å². The lowest BCUT2D eigenvalue weighted by Crippen LogP contribution is -1.83. The lowest BCUT2D eigenvalue weighted by molar-refractivity contribution is 1.13. The molecule has 1 aromatic heterocycles. The van der Waals surface area contributed by atoms with E-state index in [-0.39, 0.29) is 0 Å². The predicted octanol–water partition coefficient (Wildman–Crippen LogP) is 3.47. The normalized spacial score (nSPS) is 10.9. The van der Waals surface area contributed by atoms with Crippen molar-refractivity contribution in [2.75, 3.05) is 5.73 Å². The van der Waals surface area contributed by atoms with Crippen molar-refractivity contribution >= 4 is 28.3 Å². The summed E-state index contributed by atoms with van der Waals surface area (Å²) in [5.41, 5.74) is 8.82. The van der Waals surface area contributed by atoms with E-state index in [0.29, 0.717) is 5.82 Å². The molecule has 3 nitrogen and oxygen atoms in total. The van der Waals surface area contributed by atoms with Gasteiger partial charge in [0.15, 0.2) is 5.82 Å². The molecule has 0 fully saturated rings. The molecule has 0 radical (unpaired) electrons. The molecule has 0 saturated carbocycles. The van der Waals surface area contributed by atoms with Crippen molar-refractivity contribution in [2.24, 2.45) is 0 Å². The van der Waals surface area contributed by atoms with Gasteiger partial charge in [0.05, 0.1) is 5.52 Å². The summed E-state index contributed by atoms with van der Waals surface area (Å²) in [6, 6.07) is 13.7. The second-order valence-corrected chi connectivity index (χ2v) is 4.32. The molecule has 0 aliphatic heterocycles. The van der Waals surface area contributed by atoms with Gasteiger partial charge in [-0.25, -0.2) is 0 Å². The third kappa shape index (κ3) is 1.74. The molecule has 0 aliphatic rings. The van der Waals surface area contributed by atoms with E-state index in [4.69, 9.17) is 17.3 Å². The summed E-state index contributed by atoms with van der Waals surface area (Å²) < 4.78 is 0. The fourth-order valence-electron chi connectivity index (χ4n) is 1.89. The number of aromatic amines is 1. The molecule has 3 N–H and O–H groups in total. The molecule has 4 heteroatoms. The van der Waals surface area contributed by atoms with Crippen molar-refractivity contribution in [2.45, 2.75) is 0 Å². The standard InChI is InChI=1S/C13H10ClN3/c14-10-3-1-2-8(6-10)9-4-5-11-12(7-9)16-17-13(11)15/h1-7H,(H3,15,16,17). The number of anilines is 1. The Bertz CT molecular complexity index is 688. The van der Waals surface area contributed by atoms with Crippen LogP contribution in [0, 0.1) is 0 Å². The number of aromatic nitrogens is 2. The van der Waals surface area contributed by atoms with Crippen LogP contribution in [0.3, 0.4) is 0 Å². The van der Waals surface area contributed by atoms with Crippen molar-refractivity contribution in [3.05, 3.63) is 47.5 Å². The van der Waals surface area contributed by atoms with Crippen LogP contribution in [0.15, 0.2) is 42.5 Å². The first-order chi connectivity index (χ1) is 8.24. The van der Waals surface area contributed by atoms with Crippen LogP contribution in [-0.2, 0) is 0 Å². The summed E-state index contributed by atoms with van der Waals surface area (Å²) >= 11 is 5.98. The Morgan fingerprint density at radius 1 is 1.06 bits per heavy atom. The maximum atomic E-state index is 5.98. The van der Waals surface area contributed by atoms with Crippen LogP contribution in [0.1, 0.15) is 0 Å². The number of halogens is 1. The number of rotatable bonds is 1. The van der Waals surface area contributed by atoms with E-state index in [1.807, 2.05) is 42.5 Å². The molecule has 0 amide bonds. The highest BCUT2D eigenvalue weighted by Crippen LogP contribution is 2.27. The Balaban J connectivity index is 2.18. The molecule has 0 spiro atoms. The number of nitrogen functional groups attached to an aromatic ring is 1. The van der Waals surface area contributed by atoms with Gasteiger partial charge in [0.1, 0.15) is 0 Å². The molecule has 3 rings (SSSR count). The first-order valence-corrected chi connectivity index (χ1v) is 5.61. The molecule has 2 aromatic carbocycles. The smallest absolute Gasteiger partial charge is 0.153 e. The average Bonchev–Trinajstić information content (AvgIpc) is 2.71. The Labute approximate surface area is 103 Å². The molecule has 0 aliphatic carbocycles. The number of hydrogen-bond acceptors (Lipinski definition) is 2. The quantitative estimate of drug-likeness (QED) is 0.688. The van der Waals surface area contributed by atoms with Gasteiger partial charge < -0.3 is 5.73 Å². The van der Waals surface area contributed by atoms with Gasteiger partial charge in [-0.15, -0.1) is 0 Å². The third-order valence-electron chi connectivity index (χ3n) is 2.75. The van der Waals surface area contributed by atoms with Crippen LogP contribution in [0.2, 0.25) is 5.02 Å².